The Kier molecular flexibility index (Phi) is 6.12. The lowest BCUT2D eigenvalue weighted by atomic mass is 9.79. The van der Waals surface area contributed by atoms with Crippen LogP contribution in [0.1, 0.15) is 32.6 Å². The molecule has 1 fully saturated rings. The maximum Gasteiger partial charge on any atom is 0.308 e. The SMILES string of the molecule is COC(=O)C(C)C1CCCC(N)C1.Cl. The Morgan fingerprint density at radius 3 is 2.64 bits per heavy atom. The topological polar surface area (TPSA) is 52.3 Å². The van der Waals surface area contributed by atoms with Crippen LogP contribution in [0.4, 0.5) is 0 Å². The summed E-state index contributed by atoms with van der Waals surface area (Å²) < 4.78 is 4.72. The van der Waals surface area contributed by atoms with Crippen molar-refractivity contribution < 1.29 is 9.53 Å². The molecule has 0 saturated heterocycles. The van der Waals surface area contributed by atoms with E-state index in [1.54, 1.807) is 0 Å². The molecule has 3 unspecified atom stereocenters. The van der Waals surface area contributed by atoms with Crippen molar-refractivity contribution in [1.82, 2.24) is 0 Å². The number of carbonyl (C=O) groups excluding carboxylic acids is 1. The Balaban J connectivity index is 0.00000169. The highest BCUT2D eigenvalue weighted by Crippen LogP contribution is 2.29. The molecular formula is C10H20ClNO2. The van der Waals surface area contributed by atoms with Gasteiger partial charge in [0.25, 0.3) is 0 Å². The van der Waals surface area contributed by atoms with Gasteiger partial charge in [0.2, 0.25) is 0 Å². The number of methoxy groups -OCH3 is 1. The van der Waals surface area contributed by atoms with Gasteiger partial charge in [0.1, 0.15) is 0 Å². The van der Waals surface area contributed by atoms with Gasteiger partial charge in [0, 0.05) is 6.04 Å². The molecule has 3 nitrogen and oxygen atoms in total. The molecule has 0 heterocycles. The van der Waals surface area contributed by atoms with Gasteiger partial charge in [0.05, 0.1) is 13.0 Å². The zero-order valence-corrected chi connectivity index (χ0v) is 9.68. The lowest BCUT2D eigenvalue weighted by Crippen LogP contribution is -2.33. The highest BCUT2D eigenvalue weighted by atomic mass is 35.5. The molecule has 4 heteroatoms. The average Bonchev–Trinajstić information content (AvgIpc) is 2.15. The van der Waals surface area contributed by atoms with Gasteiger partial charge in [-0.05, 0) is 25.2 Å². The van der Waals surface area contributed by atoms with Crippen LogP contribution in [0.25, 0.3) is 0 Å². The molecule has 0 amide bonds. The molecule has 0 aliphatic heterocycles. The second-order valence-corrected chi connectivity index (χ2v) is 4.00. The Morgan fingerprint density at radius 2 is 2.14 bits per heavy atom. The molecule has 2 N–H and O–H groups in total. The second-order valence-electron chi connectivity index (χ2n) is 4.00. The molecule has 1 aliphatic rings. The average molecular weight is 222 g/mol. The van der Waals surface area contributed by atoms with E-state index in [1.165, 1.54) is 7.11 Å². The van der Waals surface area contributed by atoms with Crippen LogP contribution >= 0.6 is 12.4 Å². The summed E-state index contributed by atoms with van der Waals surface area (Å²) in [4.78, 5) is 11.3. The highest BCUT2D eigenvalue weighted by molar-refractivity contribution is 5.85. The fourth-order valence-corrected chi connectivity index (χ4v) is 2.10. The van der Waals surface area contributed by atoms with Gasteiger partial charge in [0.15, 0.2) is 0 Å². The van der Waals surface area contributed by atoms with Crippen molar-refractivity contribution in [2.45, 2.75) is 38.6 Å². The molecule has 0 spiro atoms. The molecule has 14 heavy (non-hydrogen) atoms. The van der Waals surface area contributed by atoms with E-state index in [4.69, 9.17) is 10.5 Å². The first-order valence-electron chi connectivity index (χ1n) is 4.98. The first kappa shape index (κ1) is 13.7. The molecular weight excluding hydrogens is 202 g/mol. The molecule has 0 radical (unpaired) electrons. The summed E-state index contributed by atoms with van der Waals surface area (Å²) in [7, 11) is 1.45. The van der Waals surface area contributed by atoms with Crippen LogP contribution in [0.15, 0.2) is 0 Å². The fourth-order valence-electron chi connectivity index (χ4n) is 2.10. The van der Waals surface area contributed by atoms with Crippen LogP contribution in [0.2, 0.25) is 0 Å². The minimum absolute atomic E-state index is 0. The van der Waals surface area contributed by atoms with Crippen LogP contribution < -0.4 is 5.73 Å². The predicted molar refractivity (Wildman–Crippen MR) is 58.4 cm³/mol. The number of carbonyl (C=O) groups is 1. The van der Waals surface area contributed by atoms with Crippen LogP contribution in [-0.4, -0.2) is 19.1 Å². The van der Waals surface area contributed by atoms with Crippen LogP contribution in [0, 0.1) is 11.8 Å². The molecule has 1 saturated carbocycles. The first-order chi connectivity index (χ1) is 6.15. The zero-order valence-electron chi connectivity index (χ0n) is 8.86. The summed E-state index contributed by atoms with van der Waals surface area (Å²) in [6.07, 6.45) is 4.33. The predicted octanol–water partition coefficient (Wildman–Crippen LogP) is 1.73. The Hall–Kier alpha value is -0.280. The normalized spacial score (nSPS) is 28.8. The molecule has 1 aliphatic carbocycles. The number of nitrogens with two attached hydrogens (primary N) is 1. The van der Waals surface area contributed by atoms with Gasteiger partial charge in [-0.2, -0.15) is 0 Å². The van der Waals surface area contributed by atoms with Crippen molar-refractivity contribution in [3.05, 3.63) is 0 Å². The van der Waals surface area contributed by atoms with Gasteiger partial charge in [-0.25, -0.2) is 0 Å². The minimum Gasteiger partial charge on any atom is -0.469 e. The van der Waals surface area contributed by atoms with E-state index in [2.05, 4.69) is 0 Å². The third-order valence-electron chi connectivity index (χ3n) is 3.04. The summed E-state index contributed by atoms with van der Waals surface area (Å²) >= 11 is 0. The van der Waals surface area contributed by atoms with Crippen molar-refractivity contribution in [2.24, 2.45) is 17.6 Å². The molecule has 1 rings (SSSR count). The third kappa shape index (κ3) is 3.46. The van der Waals surface area contributed by atoms with E-state index in [-0.39, 0.29) is 30.3 Å². The molecule has 84 valence electrons. The van der Waals surface area contributed by atoms with Crippen LogP contribution in [-0.2, 0) is 9.53 Å². The quantitative estimate of drug-likeness (QED) is 0.723. The van der Waals surface area contributed by atoms with Gasteiger partial charge in [-0.3, -0.25) is 4.79 Å². The standard InChI is InChI=1S/C10H19NO2.ClH/c1-7(10(12)13-2)8-4-3-5-9(11)6-8;/h7-9H,3-6,11H2,1-2H3;1H. The molecule has 0 aromatic carbocycles. The van der Waals surface area contributed by atoms with E-state index in [0.29, 0.717) is 5.92 Å². The number of rotatable bonds is 2. The number of esters is 1. The van der Waals surface area contributed by atoms with E-state index in [9.17, 15) is 4.79 Å². The first-order valence-corrected chi connectivity index (χ1v) is 4.98. The second kappa shape index (κ2) is 6.25. The summed E-state index contributed by atoms with van der Waals surface area (Å²) in [5.41, 5.74) is 5.85. The zero-order chi connectivity index (χ0) is 9.84. The van der Waals surface area contributed by atoms with Crippen LogP contribution in [0.3, 0.4) is 0 Å². The summed E-state index contributed by atoms with van der Waals surface area (Å²) in [5, 5.41) is 0. The number of ether oxygens (including phenoxy) is 1. The van der Waals surface area contributed by atoms with Gasteiger partial charge in [-0.15, -0.1) is 12.4 Å². The maximum absolute atomic E-state index is 11.3. The number of hydrogen-bond donors (Lipinski definition) is 1. The number of halogens is 1. The van der Waals surface area contributed by atoms with E-state index < -0.39 is 0 Å². The maximum atomic E-state index is 11.3. The van der Waals surface area contributed by atoms with Crippen molar-refractivity contribution in [3.63, 3.8) is 0 Å². The summed E-state index contributed by atoms with van der Waals surface area (Å²) in [5.74, 6) is 0.339. The van der Waals surface area contributed by atoms with E-state index in [1.807, 2.05) is 6.92 Å². The van der Waals surface area contributed by atoms with Crippen LogP contribution in [0.5, 0.6) is 0 Å². The van der Waals surface area contributed by atoms with Gasteiger partial charge in [-0.1, -0.05) is 13.3 Å². The molecule has 0 bridgehead atoms. The van der Waals surface area contributed by atoms with Crippen molar-refractivity contribution in [1.29, 1.82) is 0 Å². The monoisotopic (exact) mass is 221 g/mol. The van der Waals surface area contributed by atoms with Crippen molar-refractivity contribution in [2.75, 3.05) is 7.11 Å². The molecule has 3 atom stereocenters. The largest absolute Gasteiger partial charge is 0.469 e. The van der Waals surface area contributed by atoms with E-state index >= 15 is 0 Å². The molecule has 0 aromatic heterocycles. The Morgan fingerprint density at radius 1 is 1.50 bits per heavy atom. The third-order valence-corrected chi connectivity index (χ3v) is 3.04. The summed E-state index contributed by atoms with van der Waals surface area (Å²) in [6.45, 7) is 1.94. The lowest BCUT2D eigenvalue weighted by Gasteiger charge is -2.29. The highest BCUT2D eigenvalue weighted by Gasteiger charge is 2.28. The van der Waals surface area contributed by atoms with Crippen molar-refractivity contribution >= 4 is 18.4 Å². The summed E-state index contributed by atoms with van der Waals surface area (Å²) in [6, 6.07) is 0.283. The van der Waals surface area contributed by atoms with Gasteiger partial charge >= 0.3 is 5.97 Å². The number of hydrogen-bond acceptors (Lipinski definition) is 3. The molecule has 0 aromatic rings. The minimum atomic E-state index is -0.0981. The van der Waals surface area contributed by atoms with Crippen molar-refractivity contribution in [3.8, 4) is 0 Å². The Bertz CT molecular complexity index is 187. The van der Waals surface area contributed by atoms with Gasteiger partial charge < -0.3 is 10.5 Å². The Labute approximate surface area is 91.8 Å². The smallest absolute Gasteiger partial charge is 0.308 e. The lowest BCUT2D eigenvalue weighted by molar-refractivity contribution is -0.147. The van der Waals surface area contributed by atoms with E-state index in [0.717, 1.165) is 25.7 Å². The fraction of sp³-hybridized carbons (Fsp3) is 0.900.